The third-order valence-electron chi connectivity index (χ3n) is 5.52. The number of piperidine rings is 1. The number of halogens is 1. The summed E-state index contributed by atoms with van der Waals surface area (Å²) in [5.74, 6) is -0.971. The van der Waals surface area contributed by atoms with E-state index in [0.717, 1.165) is 11.3 Å². The Balaban J connectivity index is 1.78. The molecule has 162 valence electrons. The van der Waals surface area contributed by atoms with Crippen LogP contribution in [0.25, 0.3) is 0 Å². The molecule has 1 saturated heterocycles. The molecule has 2 aromatic rings. The van der Waals surface area contributed by atoms with Crippen molar-refractivity contribution in [2.24, 2.45) is 0 Å². The van der Waals surface area contributed by atoms with Crippen LogP contribution >= 0.6 is 0 Å². The van der Waals surface area contributed by atoms with Gasteiger partial charge in [-0.2, -0.15) is 5.10 Å². The van der Waals surface area contributed by atoms with Gasteiger partial charge in [-0.25, -0.2) is 9.18 Å². The minimum absolute atomic E-state index is 0.0834. The highest BCUT2D eigenvalue weighted by Crippen LogP contribution is 2.31. The van der Waals surface area contributed by atoms with E-state index in [0.29, 0.717) is 43.8 Å². The Hall–Kier alpha value is -2.70. The number of rotatable bonds is 4. The second-order valence-electron chi connectivity index (χ2n) is 8.81. The van der Waals surface area contributed by atoms with Crippen molar-refractivity contribution < 1.29 is 18.7 Å². The van der Waals surface area contributed by atoms with Gasteiger partial charge in [0.15, 0.2) is 5.69 Å². The normalized spacial score (nSPS) is 15.3. The van der Waals surface area contributed by atoms with Crippen LogP contribution in [0.3, 0.4) is 0 Å². The molecule has 1 aliphatic rings. The quantitative estimate of drug-likeness (QED) is 0.699. The predicted molar refractivity (Wildman–Crippen MR) is 112 cm³/mol. The number of likely N-dealkylation sites (tertiary alicyclic amines) is 1. The second-order valence-corrected chi connectivity index (χ2v) is 8.81. The van der Waals surface area contributed by atoms with Crippen LogP contribution in [0.2, 0.25) is 0 Å². The molecule has 0 aliphatic carbocycles. The molecule has 6 nitrogen and oxygen atoms in total. The van der Waals surface area contributed by atoms with Crippen LogP contribution in [-0.4, -0.2) is 46.3 Å². The lowest BCUT2D eigenvalue weighted by Gasteiger charge is -2.34. The van der Waals surface area contributed by atoms with Crippen LogP contribution in [0.1, 0.15) is 78.7 Å². The summed E-state index contributed by atoms with van der Waals surface area (Å²) < 4.78 is 20.7. The largest absolute Gasteiger partial charge is 0.461 e. The van der Waals surface area contributed by atoms with Gasteiger partial charge in [0.05, 0.1) is 12.6 Å². The monoisotopic (exact) mass is 415 g/mol. The standard InChI is InChI=1S/C23H30FN3O3/c1-6-30-22(29)19-14-20(23(3,4)5)27(25-19)17-9-11-26(12-10-17)21(28)18-13-16(24)8-7-15(18)2/h7-8,13-14,17H,6,9-12H2,1-5H3. The summed E-state index contributed by atoms with van der Waals surface area (Å²) >= 11 is 0. The molecule has 1 fully saturated rings. The van der Waals surface area contributed by atoms with Gasteiger partial charge in [0.1, 0.15) is 5.82 Å². The fourth-order valence-corrected chi connectivity index (χ4v) is 3.85. The minimum Gasteiger partial charge on any atom is -0.461 e. The Morgan fingerprint density at radius 3 is 2.47 bits per heavy atom. The van der Waals surface area contributed by atoms with E-state index in [1.165, 1.54) is 12.1 Å². The Morgan fingerprint density at radius 1 is 1.20 bits per heavy atom. The number of hydrogen-bond acceptors (Lipinski definition) is 4. The van der Waals surface area contributed by atoms with E-state index in [-0.39, 0.29) is 17.4 Å². The summed E-state index contributed by atoms with van der Waals surface area (Å²) in [4.78, 5) is 26.8. The van der Waals surface area contributed by atoms with E-state index in [9.17, 15) is 14.0 Å². The predicted octanol–water partition coefficient (Wildman–Crippen LogP) is 4.28. The first-order chi connectivity index (χ1) is 14.1. The summed E-state index contributed by atoms with van der Waals surface area (Å²) in [6.45, 7) is 11.2. The topological polar surface area (TPSA) is 64.4 Å². The van der Waals surface area contributed by atoms with Crippen LogP contribution in [-0.2, 0) is 10.2 Å². The molecule has 1 aliphatic heterocycles. The first-order valence-corrected chi connectivity index (χ1v) is 10.4. The lowest BCUT2D eigenvalue weighted by Crippen LogP contribution is -2.40. The van der Waals surface area contributed by atoms with Gasteiger partial charge in [0.25, 0.3) is 5.91 Å². The number of carbonyl (C=O) groups is 2. The Morgan fingerprint density at radius 2 is 1.87 bits per heavy atom. The first kappa shape index (κ1) is 22.0. The molecule has 3 rings (SSSR count). The smallest absolute Gasteiger partial charge is 0.358 e. The minimum atomic E-state index is -0.420. The number of nitrogens with zero attached hydrogens (tertiary/aromatic N) is 3. The van der Waals surface area contributed by atoms with Gasteiger partial charge < -0.3 is 9.64 Å². The number of aromatic nitrogens is 2. The molecule has 0 spiro atoms. The Kier molecular flexibility index (Phi) is 6.29. The van der Waals surface area contributed by atoms with Crippen LogP contribution in [0, 0.1) is 12.7 Å². The average molecular weight is 416 g/mol. The zero-order chi connectivity index (χ0) is 22.1. The van der Waals surface area contributed by atoms with Crippen LogP contribution in [0.5, 0.6) is 0 Å². The number of ether oxygens (including phenoxy) is 1. The third-order valence-corrected chi connectivity index (χ3v) is 5.52. The molecule has 30 heavy (non-hydrogen) atoms. The summed E-state index contributed by atoms with van der Waals surface area (Å²) in [6, 6.07) is 6.20. The van der Waals surface area contributed by atoms with Crippen molar-refractivity contribution in [3.63, 3.8) is 0 Å². The van der Waals surface area contributed by atoms with Crippen LogP contribution in [0.15, 0.2) is 24.3 Å². The molecule has 0 saturated carbocycles. The molecule has 0 radical (unpaired) electrons. The maximum absolute atomic E-state index is 13.6. The van der Waals surface area contributed by atoms with E-state index in [1.807, 2.05) is 17.7 Å². The van der Waals surface area contributed by atoms with Crippen LogP contribution in [0.4, 0.5) is 4.39 Å². The molecule has 1 amide bonds. The summed E-state index contributed by atoms with van der Waals surface area (Å²) in [5, 5.41) is 4.56. The molecule has 1 aromatic carbocycles. The van der Waals surface area contributed by atoms with Crippen molar-refractivity contribution in [3.8, 4) is 0 Å². The number of esters is 1. The lowest BCUT2D eigenvalue weighted by atomic mass is 9.91. The highest BCUT2D eigenvalue weighted by molar-refractivity contribution is 5.95. The highest BCUT2D eigenvalue weighted by Gasteiger charge is 2.31. The lowest BCUT2D eigenvalue weighted by molar-refractivity contribution is 0.0517. The van der Waals surface area contributed by atoms with Crippen molar-refractivity contribution in [1.29, 1.82) is 0 Å². The molecule has 0 bridgehead atoms. The van der Waals surface area contributed by atoms with Gasteiger partial charge in [-0.15, -0.1) is 0 Å². The fraction of sp³-hybridized carbons (Fsp3) is 0.522. The number of hydrogen-bond donors (Lipinski definition) is 0. The molecular formula is C23H30FN3O3. The van der Waals surface area contributed by atoms with Crippen molar-refractivity contribution in [3.05, 3.63) is 52.6 Å². The van der Waals surface area contributed by atoms with Gasteiger partial charge in [0, 0.05) is 29.8 Å². The van der Waals surface area contributed by atoms with Crippen LogP contribution < -0.4 is 0 Å². The molecule has 1 aromatic heterocycles. The molecule has 0 N–H and O–H groups in total. The number of benzene rings is 1. The summed E-state index contributed by atoms with van der Waals surface area (Å²) in [6.07, 6.45) is 1.43. The summed E-state index contributed by atoms with van der Waals surface area (Å²) in [7, 11) is 0. The van der Waals surface area contributed by atoms with Gasteiger partial charge >= 0.3 is 5.97 Å². The highest BCUT2D eigenvalue weighted by atomic mass is 19.1. The molecule has 2 heterocycles. The van der Waals surface area contributed by atoms with Gasteiger partial charge in [-0.1, -0.05) is 26.8 Å². The third kappa shape index (κ3) is 4.55. The number of aryl methyl sites for hydroxylation is 1. The Labute approximate surface area is 177 Å². The zero-order valence-corrected chi connectivity index (χ0v) is 18.4. The van der Waals surface area contributed by atoms with E-state index >= 15 is 0 Å². The van der Waals surface area contributed by atoms with Crippen molar-refractivity contribution >= 4 is 11.9 Å². The van der Waals surface area contributed by atoms with E-state index < -0.39 is 11.8 Å². The zero-order valence-electron chi connectivity index (χ0n) is 18.4. The first-order valence-electron chi connectivity index (χ1n) is 10.4. The van der Waals surface area contributed by atoms with Crippen molar-refractivity contribution in [2.75, 3.05) is 19.7 Å². The van der Waals surface area contributed by atoms with Gasteiger partial charge in [-0.3, -0.25) is 9.48 Å². The van der Waals surface area contributed by atoms with Crippen molar-refractivity contribution in [1.82, 2.24) is 14.7 Å². The van der Waals surface area contributed by atoms with E-state index in [4.69, 9.17) is 4.74 Å². The average Bonchev–Trinajstić information content (AvgIpc) is 3.16. The van der Waals surface area contributed by atoms with E-state index in [1.54, 1.807) is 17.9 Å². The molecule has 0 unspecified atom stereocenters. The molecular weight excluding hydrogens is 385 g/mol. The number of carbonyl (C=O) groups excluding carboxylic acids is 2. The van der Waals surface area contributed by atoms with Crippen molar-refractivity contribution in [2.45, 2.75) is 58.9 Å². The fourth-order valence-electron chi connectivity index (χ4n) is 3.85. The Bertz CT molecular complexity index is 938. The maximum atomic E-state index is 13.6. The van der Waals surface area contributed by atoms with Gasteiger partial charge in [-0.05, 0) is 50.5 Å². The summed E-state index contributed by atoms with van der Waals surface area (Å²) in [5.41, 5.74) is 2.27. The second kappa shape index (κ2) is 8.58. The van der Waals surface area contributed by atoms with Gasteiger partial charge in [0.2, 0.25) is 0 Å². The maximum Gasteiger partial charge on any atom is 0.358 e. The molecule has 7 heteroatoms. The van der Waals surface area contributed by atoms with E-state index in [2.05, 4.69) is 25.9 Å². The SMILES string of the molecule is CCOC(=O)c1cc(C(C)(C)C)n(C2CCN(C(=O)c3cc(F)ccc3C)CC2)n1. The number of amides is 1. The molecule has 0 atom stereocenters.